The number of anilines is 1. The third-order valence-electron chi connectivity index (χ3n) is 6.52. The van der Waals surface area contributed by atoms with E-state index < -0.39 is 0 Å². The molecular formula is C31H35N5O3S. The van der Waals surface area contributed by atoms with Crippen LogP contribution >= 0.6 is 11.3 Å². The standard InChI is InChI=1S/C31H35N5O3S/c1-20-7-12-27(22(3)28(20)35-30(38)26-13-14-32-17-21(26)2)29(37)33-18-25-19-34-31(40-25)23-8-10-24(11-9-23)39-16-6-15-36(4)5/h7-14,17,19H,6,15-16,18H2,1-5H3,(H,33,37)(H,35,38). The summed E-state index contributed by atoms with van der Waals surface area (Å²) >= 11 is 1.54. The molecule has 0 unspecified atom stereocenters. The van der Waals surface area contributed by atoms with Crippen LogP contribution < -0.4 is 15.4 Å². The van der Waals surface area contributed by atoms with Gasteiger partial charge in [0.05, 0.1) is 13.2 Å². The summed E-state index contributed by atoms with van der Waals surface area (Å²) in [6, 6.07) is 13.2. The molecule has 9 heteroatoms. The zero-order valence-corrected chi connectivity index (χ0v) is 24.4. The number of aromatic nitrogens is 2. The molecule has 4 rings (SSSR count). The molecule has 2 N–H and O–H groups in total. The smallest absolute Gasteiger partial charge is 0.256 e. The highest BCUT2D eigenvalue weighted by Gasteiger charge is 2.17. The van der Waals surface area contributed by atoms with Gasteiger partial charge in [0.1, 0.15) is 10.8 Å². The molecule has 2 aromatic carbocycles. The molecule has 0 fully saturated rings. The fourth-order valence-electron chi connectivity index (χ4n) is 4.24. The molecular weight excluding hydrogens is 522 g/mol. The second kappa shape index (κ2) is 13.3. The molecule has 0 aliphatic rings. The summed E-state index contributed by atoms with van der Waals surface area (Å²) in [5, 5.41) is 6.86. The zero-order valence-electron chi connectivity index (χ0n) is 23.6. The molecule has 208 valence electrons. The Morgan fingerprint density at radius 3 is 2.42 bits per heavy atom. The van der Waals surface area contributed by atoms with Crippen molar-refractivity contribution in [2.24, 2.45) is 0 Å². The van der Waals surface area contributed by atoms with Crippen LogP contribution in [0.1, 0.15) is 48.7 Å². The van der Waals surface area contributed by atoms with Crippen molar-refractivity contribution in [3.05, 3.63) is 93.7 Å². The van der Waals surface area contributed by atoms with Crippen LogP contribution in [0, 0.1) is 20.8 Å². The Balaban J connectivity index is 1.36. The third kappa shape index (κ3) is 7.31. The van der Waals surface area contributed by atoms with Gasteiger partial charge in [0, 0.05) is 52.4 Å². The second-order valence-electron chi connectivity index (χ2n) is 9.92. The Hall–Kier alpha value is -4.08. The number of ether oxygens (including phenoxy) is 1. The number of carbonyl (C=O) groups excluding carboxylic acids is 2. The van der Waals surface area contributed by atoms with Crippen molar-refractivity contribution in [1.29, 1.82) is 0 Å². The van der Waals surface area contributed by atoms with Gasteiger partial charge in [-0.2, -0.15) is 0 Å². The first-order valence-electron chi connectivity index (χ1n) is 13.2. The van der Waals surface area contributed by atoms with Crippen molar-refractivity contribution < 1.29 is 14.3 Å². The van der Waals surface area contributed by atoms with E-state index in [1.165, 1.54) is 11.3 Å². The maximum absolute atomic E-state index is 13.1. The molecule has 0 saturated heterocycles. The van der Waals surface area contributed by atoms with Crippen LogP contribution in [0.25, 0.3) is 10.6 Å². The molecule has 0 saturated carbocycles. The second-order valence-corrected chi connectivity index (χ2v) is 11.0. The molecule has 0 aliphatic carbocycles. The minimum absolute atomic E-state index is 0.209. The number of hydrogen-bond donors (Lipinski definition) is 2. The van der Waals surface area contributed by atoms with E-state index in [0.717, 1.165) is 45.3 Å². The Bertz CT molecular complexity index is 1480. The van der Waals surface area contributed by atoms with E-state index in [1.807, 2.05) is 51.1 Å². The van der Waals surface area contributed by atoms with E-state index >= 15 is 0 Å². The van der Waals surface area contributed by atoms with Crippen molar-refractivity contribution in [3.63, 3.8) is 0 Å². The number of rotatable bonds is 11. The monoisotopic (exact) mass is 557 g/mol. The first-order chi connectivity index (χ1) is 19.2. The van der Waals surface area contributed by atoms with Gasteiger partial charge in [0.25, 0.3) is 11.8 Å². The Morgan fingerprint density at radius 2 is 1.70 bits per heavy atom. The number of aryl methyl sites for hydroxylation is 2. The molecule has 2 heterocycles. The lowest BCUT2D eigenvalue weighted by Gasteiger charge is -2.16. The summed E-state index contributed by atoms with van der Waals surface area (Å²) in [4.78, 5) is 37.7. The first kappa shape index (κ1) is 28.9. The van der Waals surface area contributed by atoms with Gasteiger partial charge in [-0.3, -0.25) is 14.6 Å². The van der Waals surface area contributed by atoms with Crippen LogP contribution in [0.2, 0.25) is 0 Å². The number of amides is 2. The van der Waals surface area contributed by atoms with E-state index in [1.54, 1.807) is 30.7 Å². The van der Waals surface area contributed by atoms with Gasteiger partial charge in [0.2, 0.25) is 0 Å². The number of thiazole rings is 1. The maximum Gasteiger partial charge on any atom is 0.256 e. The molecule has 2 amide bonds. The van der Waals surface area contributed by atoms with E-state index in [9.17, 15) is 9.59 Å². The van der Waals surface area contributed by atoms with E-state index in [-0.39, 0.29) is 11.8 Å². The van der Waals surface area contributed by atoms with E-state index in [4.69, 9.17) is 4.74 Å². The number of hydrogen-bond acceptors (Lipinski definition) is 7. The van der Waals surface area contributed by atoms with Crippen LogP contribution in [0.3, 0.4) is 0 Å². The summed E-state index contributed by atoms with van der Waals surface area (Å²) in [7, 11) is 4.10. The molecule has 0 atom stereocenters. The van der Waals surface area contributed by atoms with Crippen LogP contribution in [0.4, 0.5) is 5.69 Å². The molecule has 0 spiro atoms. The number of nitrogens with zero attached hydrogens (tertiary/aromatic N) is 3. The van der Waals surface area contributed by atoms with Crippen LogP contribution in [0.5, 0.6) is 5.75 Å². The SMILES string of the molecule is Cc1cnccc1C(=O)Nc1c(C)ccc(C(=O)NCc2cnc(-c3ccc(OCCCN(C)C)cc3)s2)c1C. The van der Waals surface area contributed by atoms with Gasteiger partial charge in [-0.15, -0.1) is 11.3 Å². The predicted octanol–water partition coefficient (Wildman–Crippen LogP) is 5.64. The first-order valence-corrected chi connectivity index (χ1v) is 14.0. The zero-order chi connectivity index (χ0) is 28.6. The van der Waals surface area contributed by atoms with E-state index in [2.05, 4.69) is 39.6 Å². The average molecular weight is 558 g/mol. The minimum Gasteiger partial charge on any atom is -0.494 e. The number of benzene rings is 2. The quantitative estimate of drug-likeness (QED) is 0.232. The Morgan fingerprint density at radius 1 is 0.925 bits per heavy atom. The third-order valence-corrected chi connectivity index (χ3v) is 7.56. The van der Waals surface area contributed by atoms with Gasteiger partial charge in [-0.05, 0) is 94.4 Å². The lowest BCUT2D eigenvalue weighted by molar-refractivity contribution is 0.0949. The van der Waals surface area contributed by atoms with Crippen LogP contribution in [0.15, 0.2) is 61.1 Å². The van der Waals surface area contributed by atoms with E-state index in [0.29, 0.717) is 35.5 Å². The summed E-state index contributed by atoms with van der Waals surface area (Å²) < 4.78 is 5.82. The minimum atomic E-state index is -0.232. The fourth-order valence-corrected chi connectivity index (χ4v) is 5.10. The molecule has 0 radical (unpaired) electrons. The van der Waals surface area contributed by atoms with Gasteiger partial charge in [-0.1, -0.05) is 6.07 Å². The molecule has 4 aromatic rings. The maximum atomic E-state index is 13.1. The van der Waals surface area contributed by atoms with Gasteiger partial charge >= 0.3 is 0 Å². The molecule has 0 aliphatic heterocycles. The molecule has 40 heavy (non-hydrogen) atoms. The van der Waals surface area contributed by atoms with Crippen molar-refractivity contribution in [2.45, 2.75) is 33.7 Å². The largest absolute Gasteiger partial charge is 0.494 e. The summed E-state index contributed by atoms with van der Waals surface area (Å²) in [5.74, 6) is 0.398. The van der Waals surface area contributed by atoms with Crippen molar-refractivity contribution in [2.75, 3.05) is 32.6 Å². The highest BCUT2D eigenvalue weighted by Crippen LogP contribution is 2.28. The Kier molecular flexibility index (Phi) is 9.63. The molecule has 2 aromatic heterocycles. The van der Waals surface area contributed by atoms with Gasteiger partial charge in [0.15, 0.2) is 0 Å². The fraction of sp³-hybridized carbons (Fsp3) is 0.290. The summed E-state index contributed by atoms with van der Waals surface area (Å²) in [6.07, 6.45) is 6.01. The number of carbonyl (C=O) groups is 2. The highest BCUT2D eigenvalue weighted by molar-refractivity contribution is 7.15. The number of pyridine rings is 1. The average Bonchev–Trinajstić information content (AvgIpc) is 3.41. The van der Waals surface area contributed by atoms with Crippen molar-refractivity contribution >= 4 is 28.8 Å². The lowest BCUT2D eigenvalue weighted by atomic mass is 10.0. The van der Waals surface area contributed by atoms with Crippen molar-refractivity contribution in [3.8, 4) is 16.3 Å². The normalized spacial score (nSPS) is 10.9. The topological polar surface area (TPSA) is 96.5 Å². The van der Waals surface area contributed by atoms with Crippen molar-refractivity contribution in [1.82, 2.24) is 20.2 Å². The lowest BCUT2D eigenvalue weighted by Crippen LogP contribution is -2.24. The molecule has 8 nitrogen and oxygen atoms in total. The van der Waals surface area contributed by atoms with Crippen LogP contribution in [-0.4, -0.2) is 53.9 Å². The summed E-state index contributed by atoms with van der Waals surface area (Å²) in [6.45, 7) is 7.62. The molecule has 0 bridgehead atoms. The predicted molar refractivity (Wildman–Crippen MR) is 160 cm³/mol. The number of nitrogens with one attached hydrogen (secondary N) is 2. The van der Waals surface area contributed by atoms with Crippen LogP contribution in [-0.2, 0) is 6.54 Å². The summed E-state index contributed by atoms with van der Waals surface area (Å²) in [5.41, 5.74) is 5.08. The van der Waals surface area contributed by atoms with Gasteiger partial charge < -0.3 is 20.3 Å². The Labute approximate surface area is 239 Å². The highest BCUT2D eigenvalue weighted by atomic mass is 32.1. The van der Waals surface area contributed by atoms with Gasteiger partial charge in [-0.25, -0.2) is 4.98 Å².